The highest BCUT2D eigenvalue weighted by atomic mass is 16.5. The van der Waals surface area contributed by atoms with E-state index in [-0.39, 0.29) is 0 Å². The SMILES string of the molecule is C1=CC(C2CC=CCO2)CN=C1. The average molecular weight is 163 g/mol. The Balaban J connectivity index is 1.95. The van der Waals surface area contributed by atoms with Crippen molar-refractivity contribution in [1.82, 2.24) is 0 Å². The molecule has 0 amide bonds. The molecule has 2 aliphatic heterocycles. The van der Waals surface area contributed by atoms with Crippen LogP contribution in [0.25, 0.3) is 0 Å². The fraction of sp³-hybridized carbons (Fsp3) is 0.500. The summed E-state index contributed by atoms with van der Waals surface area (Å²) in [5.41, 5.74) is 0. The highest BCUT2D eigenvalue weighted by Crippen LogP contribution is 2.19. The van der Waals surface area contributed by atoms with E-state index in [4.69, 9.17) is 4.74 Å². The summed E-state index contributed by atoms with van der Waals surface area (Å²) in [4.78, 5) is 4.22. The van der Waals surface area contributed by atoms with Crippen LogP contribution in [-0.4, -0.2) is 25.5 Å². The fourth-order valence-electron chi connectivity index (χ4n) is 1.58. The molecular formula is C10H13NO. The van der Waals surface area contributed by atoms with Crippen molar-refractivity contribution in [3.05, 3.63) is 24.3 Å². The highest BCUT2D eigenvalue weighted by Gasteiger charge is 2.20. The predicted molar refractivity (Wildman–Crippen MR) is 49.5 cm³/mol. The number of nitrogens with zero attached hydrogens (tertiary/aromatic N) is 1. The molecule has 0 aromatic rings. The predicted octanol–water partition coefficient (Wildman–Crippen LogP) is 1.59. The number of allylic oxidation sites excluding steroid dienone is 1. The van der Waals surface area contributed by atoms with Gasteiger partial charge in [-0.3, -0.25) is 4.99 Å². The molecule has 2 heterocycles. The van der Waals surface area contributed by atoms with E-state index in [9.17, 15) is 0 Å². The van der Waals surface area contributed by atoms with Crippen LogP contribution in [0.4, 0.5) is 0 Å². The zero-order valence-corrected chi connectivity index (χ0v) is 7.02. The molecule has 0 aromatic heterocycles. The monoisotopic (exact) mass is 163 g/mol. The van der Waals surface area contributed by atoms with E-state index in [0.717, 1.165) is 19.6 Å². The first kappa shape index (κ1) is 7.74. The normalized spacial score (nSPS) is 34.0. The van der Waals surface area contributed by atoms with Gasteiger partial charge in [0.1, 0.15) is 0 Å². The minimum atomic E-state index is 0.351. The zero-order chi connectivity index (χ0) is 8.23. The van der Waals surface area contributed by atoms with Gasteiger partial charge in [-0.25, -0.2) is 0 Å². The molecule has 2 heteroatoms. The van der Waals surface area contributed by atoms with E-state index in [2.05, 4.69) is 23.2 Å². The molecule has 0 aromatic carbocycles. The van der Waals surface area contributed by atoms with Crippen molar-refractivity contribution in [1.29, 1.82) is 0 Å². The van der Waals surface area contributed by atoms with Gasteiger partial charge in [-0.05, 0) is 12.5 Å². The number of dihydropyridines is 1. The topological polar surface area (TPSA) is 21.6 Å². The van der Waals surface area contributed by atoms with Crippen molar-refractivity contribution in [3.63, 3.8) is 0 Å². The van der Waals surface area contributed by atoms with Crippen LogP contribution in [0.2, 0.25) is 0 Å². The Labute approximate surface area is 72.6 Å². The molecule has 0 aliphatic carbocycles. The van der Waals surface area contributed by atoms with Crippen molar-refractivity contribution < 1.29 is 4.74 Å². The van der Waals surface area contributed by atoms with Gasteiger partial charge in [0.05, 0.1) is 12.7 Å². The second kappa shape index (κ2) is 3.68. The van der Waals surface area contributed by atoms with E-state index >= 15 is 0 Å². The lowest BCUT2D eigenvalue weighted by atomic mass is 9.97. The molecule has 0 saturated heterocycles. The van der Waals surface area contributed by atoms with Gasteiger partial charge in [-0.2, -0.15) is 0 Å². The lowest BCUT2D eigenvalue weighted by Gasteiger charge is -2.25. The van der Waals surface area contributed by atoms with Crippen LogP contribution in [0.15, 0.2) is 29.3 Å². The van der Waals surface area contributed by atoms with E-state index in [1.165, 1.54) is 0 Å². The largest absolute Gasteiger partial charge is 0.373 e. The van der Waals surface area contributed by atoms with Gasteiger partial charge in [-0.1, -0.05) is 18.2 Å². The molecule has 0 bridgehead atoms. The summed E-state index contributed by atoms with van der Waals surface area (Å²) in [6, 6.07) is 0. The number of ether oxygens (including phenoxy) is 1. The summed E-state index contributed by atoms with van der Waals surface area (Å²) >= 11 is 0. The van der Waals surface area contributed by atoms with Crippen LogP contribution in [-0.2, 0) is 4.74 Å². The van der Waals surface area contributed by atoms with Crippen molar-refractivity contribution in [2.45, 2.75) is 12.5 Å². The van der Waals surface area contributed by atoms with E-state index in [0.29, 0.717) is 12.0 Å². The molecule has 2 rings (SSSR count). The summed E-state index contributed by atoms with van der Waals surface area (Å²) in [6.07, 6.45) is 11.7. The summed E-state index contributed by atoms with van der Waals surface area (Å²) < 4.78 is 5.61. The van der Waals surface area contributed by atoms with E-state index in [1.54, 1.807) is 0 Å². The summed E-state index contributed by atoms with van der Waals surface area (Å²) in [5.74, 6) is 0.486. The Bertz CT molecular complexity index is 230. The van der Waals surface area contributed by atoms with Gasteiger partial charge in [0.15, 0.2) is 0 Å². The van der Waals surface area contributed by atoms with Crippen LogP contribution in [0.1, 0.15) is 6.42 Å². The van der Waals surface area contributed by atoms with Crippen molar-refractivity contribution >= 4 is 6.21 Å². The van der Waals surface area contributed by atoms with Gasteiger partial charge >= 0.3 is 0 Å². The summed E-state index contributed by atoms with van der Waals surface area (Å²) in [6.45, 7) is 1.65. The molecule has 12 heavy (non-hydrogen) atoms. The third-order valence-corrected chi connectivity index (χ3v) is 2.29. The molecule has 0 radical (unpaired) electrons. The smallest absolute Gasteiger partial charge is 0.0694 e. The van der Waals surface area contributed by atoms with E-state index in [1.807, 2.05) is 12.3 Å². The molecule has 2 aliphatic rings. The maximum absolute atomic E-state index is 5.61. The second-order valence-electron chi connectivity index (χ2n) is 3.14. The Morgan fingerprint density at radius 2 is 2.33 bits per heavy atom. The van der Waals surface area contributed by atoms with Gasteiger partial charge < -0.3 is 4.74 Å². The molecule has 0 spiro atoms. The molecule has 0 saturated carbocycles. The Kier molecular flexibility index (Phi) is 2.37. The molecule has 64 valence electrons. The minimum absolute atomic E-state index is 0.351. The minimum Gasteiger partial charge on any atom is -0.373 e. The lowest BCUT2D eigenvalue weighted by molar-refractivity contribution is 0.0404. The number of aliphatic imine (C=N–C) groups is 1. The third kappa shape index (κ3) is 1.64. The first-order valence-corrected chi connectivity index (χ1v) is 4.40. The maximum Gasteiger partial charge on any atom is 0.0694 e. The van der Waals surface area contributed by atoms with Crippen LogP contribution >= 0.6 is 0 Å². The fourth-order valence-corrected chi connectivity index (χ4v) is 1.58. The third-order valence-electron chi connectivity index (χ3n) is 2.29. The van der Waals surface area contributed by atoms with Gasteiger partial charge in [0.25, 0.3) is 0 Å². The van der Waals surface area contributed by atoms with Gasteiger partial charge in [0, 0.05) is 18.7 Å². The Morgan fingerprint density at radius 3 is 3.00 bits per heavy atom. The zero-order valence-electron chi connectivity index (χ0n) is 7.02. The summed E-state index contributed by atoms with van der Waals surface area (Å²) in [5, 5.41) is 0. The number of hydrogen-bond acceptors (Lipinski definition) is 2. The number of rotatable bonds is 1. The molecule has 0 N–H and O–H groups in total. The van der Waals surface area contributed by atoms with Crippen molar-refractivity contribution in [3.8, 4) is 0 Å². The first-order chi connectivity index (χ1) is 5.97. The maximum atomic E-state index is 5.61. The lowest BCUT2D eigenvalue weighted by Crippen LogP contribution is -2.27. The second-order valence-corrected chi connectivity index (χ2v) is 3.14. The van der Waals surface area contributed by atoms with Crippen molar-refractivity contribution in [2.24, 2.45) is 10.9 Å². The summed E-state index contributed by atoms with van der Waals surface area (Å²) in [7, 11) is 0. The van der Waals surface area contributed by atoms with Crippen LogP contribution < -0.4 is 0 Å². The molecule has 0 fully saturated rings. The molecule has 2 nitrogen and oxygen atoms in total. The molecule has 2 unspecified atom stereocenters. The van der Waals surface area contributed by atoms with Gasteiger partial charge in [-0.15, -0.1) is 0 Å². The standard InChI is InChI=1S/C10H13NO/c1-2-7-12-10(5-1)9-4-3-6-11-8-9/h1-4,6,9-10H,5,7-8H2. The van der Waals surface area contributed by atoms with Crippen molar-refractivity contribution in [2.75, 3.05) is 13.2 Å². The average Bonchev–Trinajstić information content (AvgIpc) is 2.21. The first-order valence-electron chi connectivity index (χ1n) is 4.40. The van der Waals surface area contributed by atoms with Crippen LogP contribution in [0.3, 0.4) is 0 Å². The van der Waals surface area contributed by atoms with Crippen LogP contribution in [0.5, 0.6) is 0 Å². The van der Waals surface area contributed by atoms with Gasteiger partial charge in [0.2, 0.25) is 0 Å². The quantitative estimate of drug-likeness (QED) is 0.538. The van der Waals surface area contributed by atoms with E-state index < -0.39 is 0 Å². The Hall–Kier alpha value is -0.890. The highest BCUT2D eigenvalue weighted by molar-refractivity contribution is 5.72. The molecular weight excluding hydrogens is 150 g/mol. The Morgan fingerprint density at radius 1 is 1.33 bits per heavy atom. The van der Waals surface area contributed by atoms with Crippen LogP contribution in [0, 0.1) is 5.92 Å². The molecule has 2 atom stereocenters. The number of hydrogen-bond donors (Lipinski definition) is 0.